The first-order chi connectivity index (χ1) is 18.0. The minimum absolute atomic E-state index is 0.0255. The standard InChI is InChI=1S/C28H31N5O3S/c1-5-9-18(2)28(34)30-19-10-8-11-23(16-19)37-33-27-26(31-24-12-6-7-13-25(24)32-27)29-20-14-21(35-3)17-22(15-20)36-4/h6-8,10-18H,5,9H2,1-4H3,(H,29,31)(H,30,34)(H,32,33). The number of carbonyl (C=O) groups excluding carboxylic acids is 1. The fourth-order valence-electron chi connectivity index (χ4n) is 3.75. The molecule has 1 amide bonds. The Morgan fingerprint density at radius 2 is 1.57 bits per heavy atom. The molecule has 4 rings (SSSR count). The smallest absolute Gasteiger partial charge is 0.227 e. The summed E-state index contributed by atoms with van der Waals surface area (Å²) in [6.07, 6.45) is 1.83. The van der Waals surface area contributed by atoms with Crippen LogP contribution in [0.2, 0.25) is 0 Å². The maximum atomic E-state index is 12.4. The van der Waals surface area contributed by atoms with Gasteiger partial charge >= 0.3 is 0 Å². The largest absolute Gasteiger partial charge is 0.497 e. The number of aromatic nitrogens is 2. The van der Waals surface area contributed by atoms with E-state index in [9.17, 15) is 4.79 Å². The molecule has 3 aromatic carbocycles. The molecule has 0 radical (unpaired) electrons. The van der Waals surface area contributed by atoms with Gasteiger partial charge in [-0.1, -0.05) is 38.5 Å². The van der Waals surface area contributed by atoms with Crippen LogP contribution < -0.4 is 24.8 Å². The van der Waals surface area contributed by atoms with Crippen molar-refractivity contribution in [2.75, 3.05) is 29.6 Å². The van der Waals surface area contributed by atoms with E-state index in [-0.39, 0.29) is 11.8 Å². The van der Waals surface area contributed by atoms with Crippen molar-refractivity contribution in [3.8, 4) is 11.5 Å². The zero-order chi connectivity index (χ0) is 26.2. The van der Waals surface area contributed by atoms with Gasteiger partial charge in [-0.15, -0.1) is 0 Å². The molecule has 9 heteroatoms. The van der Waals surface area contributed by atoms with E-state index >= 15 is 0 Å². The number of rotatable bonds is 11. The predicted molar refractivity (Wildman–Crippen MR) is 151 cm³/mol. The summed E-state index contributed by atoms with van der Waals surface area (Å²) >= 11 is 1.39. The van der Waals surface area contributed by atoms with E-state index in [1.807, 2.05) is 67.6 Å². The van der Waals surface area contributed by atoms with Gasteiger partial charge in [0.25, 0.3) is 0 Å². The van der Waals surface area contributed by atoms with Crippen molar-refractivity contribution in [1.29, 1.82) is 0 Å². The SMILES string of the molecule is CCCC(C)C(=O)Nc1cccc(SNc2nc3ccccc3nc2Nc2cc(OC)cc(OC)c2)c1. The maximum absolute atomic E-state index is 12.4. The minimum atomic E-state index is -0.0313. The fraction of sp³-hybridized carbons (Fsp3) is 0.250. The fourth-order valence-corrected chi connectivity index (χ4v) is 4.44. The van der Waals surface area contributed by atoms with Crippen LogP contribution in [0.25, 0.3) is 11.0 Å². The molecule has 0 saturated carbocycles. The van der Waals surface area contributed by atoms with Gasteiger partial charge in [0.1, 0.15) is 11.5 Å². The Kier molecular flexibility index (Phi) is 8.68. The average molecular weight is 518 g/mol. The highest BCUT2D eigenvalue weighted by Crippen LogP contribution is 2.32. The molecular weight excluding hydrogens is 486 g/mol. The van der Waals surface area contributed by atoms with Crippen LogP contribution in [0.1, 0.15) is 26.7 Å². The Morgan fingerprint density at radius 1 is 0.892 bits per heavy atom. The normalized spacial score (nSPS) is 11.6. The van der Waals surface area contributed by atoms with Gasteiger partial charge in [0.05, 0.1) is 25.3 Å². The summed E-state index contributed by atoms with van der Waals surface area (Å²) in [7, 11) is 3.22. The Morgan fingerprint density at radius 3 is 2.22 bits per heavy atom. The van der Waals surface area contributed by atoms with Gasteiger partial charge in [0, 0.05) is 40.4 Å². The average Bonchev–Trinajstić information content (AvgIpc) is 2.92. The highest BCUT2D eigenvalue weighted by molar-refractivity contribution is 8.00. The van der Waals surface area contributed by atoms with Gasteiger partial charge in [-0.25, -0.2) is 9.97 Å². The van der Waals surface area contributed by atoms with Crippen LogP contribution >= 0.6 is 11.9 Å². The lowest BCUT2D eigenvalue weighted by Gasteiger charge is -2.15. The number of nitrogens with one attached hydrogen (secondary N) is 3. The molecule has 0 aliphatic carbocycles. The Labute approximate surface area is 221 Å². The number of nitrogens with zero attached hydrogens (tertiary/aromatic N) is 2. The van der Waals surface area contributed by atoms with E-state index < -0.39 is 0 Å². The monoisotopic (exact) mass is 517 g/mol. The van der Waals surface area contributed by atoms with Crippen molar-refractivity contribution >= 4 is 51.9 Å². The van der Waals surface area contributed by atoms with Crippen LogP contribution in [0.15, 0.2) is 71.6 Å². The van der Waals surface area contributed by atoms with E-state index in [1.165, 1.54) is 11.9 Å². The molecule has 0 bridgehead atoms. The number of benzene rings is 3. The highest BCUT2D eigenvalue weighted by Gasteiger charge is 2.14. The van der Waals surface area contributed by atoms with E-state index in [0.717, 1.165) is 40.1 Å². The Bertz CT molecular complexity index is 1360. The summed E-state index contributed by atoms with van der Waals surface area (Å²) in [6.45, 7) is 4.03. The first kappa shape index (κ1) is 26.1. The van der Waals surface area contributed by atoms with Crippen molar-refractivity contribution in [1.82, 2.24) is 9.97 Å². The molecule has 192 valence electrons. The molecular formula is C28H31N5O3S. The van der Waals surface area contributed by atoms with E-state index in [2.05, 4.69) is 22.3 Å². The van der Waals surface area contributed by atoms with Crippen molar-refractivity contribution < 1.29 is 14.3 Å². The number of fused-ring (bicyclic) bond motifs is 1. The van der Waals surface area contributed by atoms with Crippen molar-refractivity contribution in [3.05, 3.63) is 66.7 Å². The molecule has 0 saturated heterocycles. The molecule has 0 aliphatic heterocycles. The quantitative estimate of drug-likeness (QED) is 0.185. The van der Waals surface area contributed by atoms with E-state index in [0.29, 0.717) is 23.1 Å². The number of ether oxygens (including phenoxy) is 2. The third-order valence-corrected chi connectivity index (χ3v) is 6.51. The second-order valence-electron chi connectivity index (χ2n) is 8.55. The van der Waals surface area contributed by atoms with Gasteiger partial charge in [0.15, 0.2) is 11.6 Å². The summed E-state index contributed by atoms with van der Waals surface area (Å²) in [5, 5.41) is 6.36. The zero-order valence-corrected chi connectivity index (χ0v) is 22.2. The van der Waals surface area contributed by atoms with E-state index in [4.69, 9.17) is 19.4 Å². The van der Waals surface area contributed by atoms with Crippen molar-refractivity contribution in [3.63, 3.8) is 0 Å². The predicted octanol–water partition coefficient (Wildman–Crippen LogP) is 6.88. The van der Waals surface area contributed by atoms with Crippen LogP contribution in [-0.4, -0.2) is 30.1 Å². The van der Waals surface area contributed by atoms with Crippen molar-refractivity contribution in [2.45, 2.75) is 31.6 Å². The summed E-state index contributed by atoms with van der Waals surface area (Å²) in [5.41, 5.74) is 3.04. The van der Waals surface area contributed by atoms with Crippen LogP contribution in [-0.2, 0) is 4.79 Å². The lowest BCUT2D eigenvalue weighted by atomic mass is 10.1. The van der Waals surface area contributed by atoms with Gasteiger partial charge in [-0.3, -0.25) is 4.79 Å². The highest BCUT2D eigenvalue weighted by atomic mass is 32.2. The third-order valence-electron chi connectivity index (χ3n) is 5.72. The molecule has 0 fully saturated rings. The first-order valence-corrected chi connectivity index (χ1v) is 12.9. The molecule has 0 spiro atoms. The molecule has 1 unspecified atom stereocenters. The number of amides is 1. The van der Waals surface area contributed by atoms with Gasteiger partial charge in [0.2, 0.25) is 5.91 Å². The summed E-state index contributed by atoms with van der Waals surface area (Å²) in [5.74, 6) is 2.43. The first-order valence-electron chi connectivity index (χ1n) is 12.1. The lowest BCUT2D eigenvalue weighted by Crippen LogP contribution is -2.20. The van der Waals surface area contributed by atoms with Gasteiger partial charge in [-0.2, -0.15) is 0 Å². The topological polar surface area (TPSA) is 97.4 Å². The third kappa shape index (κ3) is 6.83. The van der Waals surface area contributed by atoms with Crippen LogP contribution in [0.3, 0.4) is 0 Å². The minimum Gasteiger partial charge on any atom is -0.497 e. The van der Waals surface area contributed by atoms with Crippen molar-refractivity contribution in [2.24, 2.45) is 5.92 Å². The van der Waals surface area contributed by atoms with Crippen LogP contribution in [0.4, 0.5) is 23.0 Å². The van der Waals surface area contributed by atoms with Crippen LogP contribution in [0, 0.1) is 5.92 Å². The molecule has 37 heavy (non-hydrogen) atoms. The number of anilines is 4. The zero-order valence-electron chi connectivity index (χ0n) is 21.4. The molecule has 0 aliphatic rings. The Hall–Kier alpha value is -3.98. The summed E-state index contributed by atoms with van der Waals surface area (Å²) in [4.78, 5) is 23.0. The number of carbonyl (C=O) groups is 1. The van der Waals surface area contributed by atoms with Crippen LogP contribution in [0.5, 0.6) is 11.5 Å². The van der Waals surface area contributed by atoms with Gasteiger partial charge < -0.3 is 24.8 Å². The van der Waals surface area contributed by atoms with Gasteiger partial charge in [-0.05, 0) is 48.7 Å². The second kappa shape index (κ2) is 12.3. The molecule has 4 aromatic rings. The number of methoxy groups -OCH3 is 2. The second-order valence-corrected chi connectivity index (χ2v) is 9.43. The summed E-state index contributed by atoms with van der Waals surface area (Å²) in [6, 6.07) is 20.9. The number of hydrogen-bond acceptors (Lipinski definition) is 8. The number of hydrogen-bond donors (Lipinski definition) is 3. The molecule has 1 aromatic heterocycles. The molecule has 1 atom stereocenters. The summed E-state index contributed by atoms with van der Waals surface area (Å²) < 4.78 is 14.1. The Balaban J connectivity index is 1.57. The number of para-hydroxylation sites is 2. The molecule has 8 nitrogen and oxygen atoms in total. The maximum Gasteiger partial charge on any atom is 0.227 e. The molecule has 1 heterocycles. The molecule has 3 N–H and O–H groups in total. The van der Waals surface area contributed by atoms with E-state index in [1.54, 1.807) is 20.3 Å². The lowest BCUT2D eigenvalue weighted by molar-refractivity contribution is -0.119.